The van der Waals surface area contributed by atoms with Crippen molar-refractivity contribution < 1.29 is 9.59 Å². The van der Waals surface area contributed by atoms with E-state index in [1.165, 1.54) is 16.0 Å². The Balaban J connectivity index is 1.15. The molecule has 2 aromatic heterocycles. The zero-order valence-electron chi connectivity index (χ0n) is 28.6. The van der Waals surface area contributed by atoms with E-state index in [0.717, 1.165) is 88.0 Å². The molecule has 0 spiro atoms. The topological polar surface area (TPSA) is 70.5 Å². The molecule has 4 aromatic rings. The van der Waals surface area contributed by atoms with Crippen molar-refractivity contribution in [1.29, 1.82) is 0 Å². The summed E-state index contributed by atoms with van der Waals surface area (Å²) in [7, 11) is 0. The van der Waals surface area contributed by atoms with Gasteiger partial charge in [-0.05, 0) is 91.6 Å². The average Bonchev–Trinajstić information content (AvgIpc) is 3.74. The lowest BCUT2D eigenvalue weighted by molar-refractivity contribution is -0.135. The number of nitrogens with one attached hydrogen (secondary N) is 1. The molecule has 1 saturated heterocycles. The molecule has 2 aliphatic heterocycles. The van der Waals surface area contributed by atoms with Gasteiger partial charge >= 0.3 is 0 Å². The molecule has 250 valence electrons. The summed E-state index contributed by atoms with van der Waals surface area (Å²) in [5.41, 5.74) is 5.36. The molecule has 0 bridgehead atoms. The van der Waals surface area contributed by atoms with E-state index in [1.807, 2.05) is 23.1 Å². The van der Waals surface area contributed by atoms with Crippen LogP contribution in [0.1, 0.15) is 104 Å². The van der Waals surface area contributed by atoms with Crippen LogP contribution in [0.4, 0.5) is 0 Å². The maximum Gasteiger partial charge on any atom is 0.252 e. The normalized spacial score (nSPS) is 16.6. The first-order valence-electron chi connectivity index (χ1n) is 17.8. The van der Waals surface area contributed by atoms with E-state index >= 15 is 0 Å². The van der Waals surface area contributed by atoms with Crippen LogP contribution < -0.4 is 5.32 Å². The molecule has 2 aromatic carbocycles. The maximum atomic E-state index is 14.0. The number of hydrogen-bond donors (Lipinski definition) is 1. The molecule has 47 heavy (non-hydrogen) atoms. The SMILES string of the molecule is CCC(CC)n1c(Cc2cccs2)nc2cc(C(=O)NC(CCC(C)C)C(=O)N3CCC(N4CCc5ccccc5C4)CC3)ccc21. The van der Waals surface area contributed by atoms with Crippen molar-refractivity contribution in [2.45, 2.75) is 104 Å². The fourth-order valence-corrected chi connectivity index (χ4v) is 8.25. The molecule has 1 fully saturated rings. The van der Waals surface area contributed by atoms with E-state index in [4.69, 9.17) is 4.98 Å². The first-order valence-corrected chi connectivity index (χ1v) is 18.7. The number of aromatic nitrogens is 2. The molecule has 2 aliphatic rings. The number of piperidine rings is 1. The number of imidazole rings is 1. The van der Waals surface area contributed by atoms with Crippen molar-refractivity contribution in [2.75, 3.05) is 19.6 Å². The Hall–Kier alpha value is -3.49. The van der Waals surface area contributed by atoms with E-state index in [-0.39, 0.29) is 11.8 Å². The van der Waals surface area contributed by atoms with Crippen LogP contribution >= 0.6 is 11.3 Å². The first-order chi connectivity index (χ1) is 22.8. The molecule has 4 heterocycles. The lowest BCUT2D eigenvalue weighted by Crippen LogP contribution is -2.53. The van der Waals surface area contributed by atoms with Crippen molar-refractivity contribution in [3.63, 3.8) is 0 Å². The van der Waals surface area contributed by atoms with Crippen LogP contribution in [0.15, 0.2) is 60.0 Å². The van der Waals surface area contributed by atoms with E-state index in [1.54, 1.807) is 11.3 Å². The standard InChI is InChI=1S/C39H51N5O2S/c1-5-31(6-2)44-36-16-14-29(24-35(36)40-37(44)25-33-12-9-23-47-33)38(45)41-34(15-13-27(3)4)39(46)42-21-18-32(19-22-42)43-20-17-28-10-7-8-11-30(28)26-43/h7-12,14,16,23-24,27,31-32,34H,5-6,13,15,17-22,25-26H2,1-4H3,(H,41,45). The van der Waals surface area contributed by atoms with Gasteiger partial charge in [-0.3, -0.25) is 14.5 Å². The number of benzene rings is 2. The third-order valence-corrected chi connectivity index (χ3v) is 11.2. The van der Waals surface area contributed by atoms with Gasteiger partial charge in [-0.1, -0.05) is 58.0 Å². The highest BCUT2D eigenvalue weighted by Gasteiger charge is 2.32. The van der Waals surface area contributed by atoms with E-state index in [2.05, 4.69) is 84.3 Å². The van der Waals surface area contributed by atoms with Crippen molar-refractivity contribution in [1.82, 2.24) is 24.7 Å². The summed E-state index contributed by atoms with van der Waals surface area (Å²) < 4.78 is 2.37. The number of thiophene rings is 1. The number of carbonyl (C=O) groups excluding carboxylic acids is 2. The Morgan fingerprint density at radius 1 is 0.957 bits per heavy atom. The van der Waals surface area contributed by atoms with Gasteiger partial charge in [-0.25, -0.2) is 4.98 Å². The molecular weight excluding hydrogens is 603 g/mol. The fourth-order valence-electron chi connectivity index (χ4n) is 7.54. The van der Waals surface area contributed by atoms with Crippen molar-refractivity contribution in [3.05, 3.63) is 87.4 Å². The van der Waals surface area contributed by atoms with Gasteiger partial charge in [0.2, 0.25) is 5.91 Å². The first kappa shape index (κ1) is 33.4. The molecule has 1 atom stereocenters. The number of carbonyl (C=O) groups is 2. The zero-order chi connectivity index (χ0) is 32.9. The minimum absolute atomic E-state index is 0.0544. The number of likely N-dealkylation sites (tertiary alicyclic amines) is 1. The molecule has 0 radical (unpaired) electrons. The van der Waals surface area contributed by atoms with E-state index in [9.17, 15) is 9.59 Å². The fraction of sp³-hybridized carbons (Fsp3) is 0.513. The molecular formula is C39H51N5O2S. The number of hydrogen-bond acceptors (Lipinski definition) is 5. The predicted octanol–water partition coefficient (Wildman–Crippen LogP) is 7.63. The minimum atomic E-state index is -0.532. The molecule has 2 amide bonds. The van der Waals surface area contributed by atoms with Gasteiger partial charge in [0.05, 0.1) is 11.0 Å². The van der Waals surface area contributed by atoms with E-state index in [0.29, 0.717) is 30.0 Å². The molecule has 8 heteroatoms. The Bertz CT molecular complexity index is 1650. The van der Waals surface area contributed by atoms with Crippen LogP contribution in [-0.4, -0.2) is 62.9 Å². The molecule has 0 aliphatic carbocycles. The van der Waals surface area contributed by atoms with E-state index < -0.39 is 6.04 Å². The second-order valence-electron chi connectivity index (χ2n) is 13.9. The Morgan fingerprint density at radius 2 is 1.72 bits per heavy atom. The van der Waals surface area contributed by atoms with Gasteiger partial charge in [-0.2, -0.15) is 0 Å². The van der Waals surface area contributed by atoms with Crippen LogP contribution in [0.3, 0.4) is 0 Å². The zero-order valence-corrected chi connectivity index (χ0v) is 29.4. The number of amides is 2. The highest BCUT2D eigenvalue weighted by molar-refractivity contribution is 7.09. The number of fused-ring (bicyclic) bond motifs is 2. The van der Waals surface area contributed by atoms with Crippen LogP contribution in [-0.2, 0) is 24.2 Å². The summed E-state index contributed by atoms with van der Waals surface area (Å²) >= 11 is 1.75. The molecule has 1 unspecified atom stereocenters. The van der Waals surface area contributed by atoms with Gasteiger partial charge in [0.1, 0.15) is 11.9 Å². The molecule has 6 rings (SSSR count). The summed E-state index contributed by atoms with van der Waals surface area (Å²) in [5, 5.41) is 5.27. The highest BCUT2D eigenvalue weighted by atomic mass is 32.1. The van der Waals surface area contributed by atoms with Crippen molar-refractivity contribution >= 4 is 34.2 Å². The Morgan fingerprint density at radius 3 is 2.43 bits per heavy atom. The molecule has 0 saturated carbocycles. The smallest absolute Gasteiger partial charge is 0.252 e. The average molecular weight is 654 g/mol. The van der Waals surface area contributed by atoms with Gasteiger partial charge in [0.25, 0.3) is 5.91 Å². The summed E-state index contributed by atoms with van der Waals surface area (Å²) in [6.45, 7) is 12.3. The lowest BCUT2D eigenvalue weighted by Gasteiger charge is -2.41. The summed E-state index contributed by atoms with van der Waals surface area (Å²) in [5.74, 6) is 1.34. The third-order valence-electron chi connectivity index (χ3n) is 10.3. The summed E-state index contributed by atoms with van der Waals surface area (Å²) in [6.07, 6.45) is 7.38. The summed E-state index contributed by atoms with van der Waals surface area (Å²) in [4.78, 5) is 38.7. The lowest BCUT2D eigenvalue weighted by atomic mass is 9.95. The maximum absolute atomic E-state index is 14.0. The Kier molecular flexibility index (Phi) is 10.8. The molecule has 1 N–H and O–H groups in total. The van der Waals surface area contributed by atoms with Gasteiger partial charge in [0, 0.05) is 55.1 Å². The van der Waals surface area contributed by atoms with Gasteiger partial charge < -0.3 is 14.8 Å². The van der Waals surface area contributed by atoms with Crippen LogP contribution in [0, 0.1) is 5.92 Å². The monoisotopic (exact) mass is 653 g/mol. The third kappa shape index (κ3) is 7.65. The summed E-state index contributed by atoms with van der Waals surface area (Å²) in [6, 6.07) is 19.2. The molecule has 7 nitrogen and oxygen atoms in total. The van der Waals surface area contributed by atoms with Crippen molar-refractivity contribution in [2.24, 2.45) is 5.92 Å². The highest BCUT2D eigenvalue weighted by Crippen LogP contribution is 2.29. The number of nitrogens with zero attached hydrogens (tertiary/aromatic N) is 4. The van der Waals surface area contributed by atoms with Crippen LogP contribution in [0.5, 0.6) is 0 Å². The minimum Gasteiger partial charge on any atom is -0.341 e. The van der Waals surface area contributed by atoms with Crippen LogP contribution in [0.2, 0.25) is 0 Å². The van der Waals surface area contributed by atoms with Crippen molar-refractivity contribution in [3.8, 4) is 0 Å². The second kappa shape index (κ2) is 15.2. The second-order valence-corrected chi connectivity index (χ2v) is 14.9. The largest absolute Gasteiger partial charge is 0.341 e. The Labute approximate surface area is 284 Å². The number of rotatable bonds is 12. The predicted molar refractivity (Wildman–Crippen MR) is 192 cm³/mol. The van der Waals surface area contributed by atoms with Gasteiger partial charge in [-0.15, -0.1) is 11.3 Å². The quantitative estimate of drug-likeness (QED) is 0.171. The van der Waals surface area contributed by atoms with Gasteiger partial charge in [0.15, 0.2) is 0 Å². The van der Waals surface area contributed by atoms with Crippen LogP contribution in [0.25, 0.3) is 11.0 Å².